The van der Waals surface area contributed by atoms with E-state index in [2.05, 4.69) is 19.8 Å². The molecule has 0 spiro atoms. The standard InChI is InChI=1S/C16H19F2N5O3/c17-16(18)25-12-4-2-1-3-11(12)15(24)23-7-5-22(6-8-23)10-13-20-14(9-19)26-21-13/h1-4,16H,5-10,19H2. The maximum Gasteiger partial charge on any atom is 0.387 e. The summed E-state index contributed by atoms with van der Waals surface area (Å²) in [5, 5.41) is 3.85. The minimum atomic E-state index is -2.98. The van der Waals surface area contributed by atoms with Crippen molar-refractivity contribution in [3.05, 3.63) is 41.5 Å². The van der Waals surface area contributed by atoms with E-state index in [-0.39, 0.29) is 23.8 Å². The molecule has 1 saturated heterocycles. The second-order valence-corrected chi connectivity index (χ2v) is 5.75. The van der Waals surface area contributed by atoms with Crippen LogP contribution in [-0.4, -0.2) is 58.6 Å². The van der Waals surface area contributed by atoms with Crippen LogP contribution in [0.2, 0.25) is 0 Å². The van der Waals surface area contributed by atoms with Crippen LogP contribution in [0.4, 0.5) is 8.78 Å². The van der Waals surface area contributed by atoms with Gasteiger partial charge in [0.2, 0.25) is 5.89 Å². The molecular formula is C16H19F2N5O3. The fourth-order valence-electron chi connectivity index (χ4n) is 2.76. The monoisotopic (exact) mass is 367 g/mol. The fourth-order valence-corrected chi connectivity index (χ4v) is 2.76. The van der Waals surface area contributed by atoms with Crippen molar-refractivity contribution in [3.63, 3.8) is 0 Å². The zero-order valence-corrected chi connectivity index (χ0v) is 14.0. The molecule has 0 radical (unpaired) electrons. The van der Waals surface area contributed by atoms with Gasteiger partial charge >= 0.3 is 6.61 Å². The molecule has 1 aliphatic rings. The van der Waals surface area contributed by atoms with Crippen molar-refractivity contribution in [2.45, 2.75) is 19.7 Å². The molecule has 0 aliphatic carbocycles. The van der Waals surface area contributed by atoms with Gasteiger partial charge in [0.25, 0.3) is 5.91 Å². The highest BCUT2D eigenvalue weighted by Crippen LogP contribution is 2.22. The van der Waals surface area contributed by atoms with E-state index in [0.717, 1.165) is 0 Å². The maximum absolute atomic E-state index is 12.6. The molecule has 0 unspecified atom stereocenters. The Hall–Kier alpha value is -2.59. The molecule has 0 saturated carbocycles. The van der Waals surface area contributed by atoms with E-state index in [1.165, 1.54) is 12.1 Å². The summed E-state index contributed by atoms with van der Waals surface area (Å²) in [4.78, 5) is 20.5. The second kappa shape index (κ2) is 8.19. The van der Waals surface area contributed by atoms with Gasteiger partial charge in [-0.1, -0.05) is 17.3 Å². The fraction of sp³-hybridized carbons (Fsp3) is 0.438. The van der Waals surface area contributed by atoms with Gasteiger partial charge < -0.3 is 19.9 Å². The van der Waals surface area contributed by atoms with Crippen LogP contribution in [0.15, 0.2) is 28.8 Å². The molecule has 3 rings (SSSR count). The Kier molecular flexibility index (Phi) is 5.74. The summed E-state index contributed by atoms with van der Waals surface area (Å²) in [6, 6.07) is 6.01. The van der Waals surface area contributed by atoms with Gasteiger partial charge in [-0.3, -0.25) is 9.69 Å². The first kappa shape index (κ1) is 18.2. The van der Waals surface area contributed by atoms with Crippen LogP contribution in [0.3, 0.4) is 0 Å². The summed E-state index contributed by atoms with van der Waals surface area (Å²) in [6.07, 6.45) is 0. The molecule has 0 atom stereocenters. The predicted octanol–water partition coefficient (Wildman–Crippen LogP) is 1.09. The van der Waals surface area contributed by atoms with E-state index in [1.807, 2.05) is 0 Å². The Morgan fingerprint density at radius 2 is 2.00 bits per heavy atom. The summed E-state index contributed by atoms with van der Waals surface area (Å²) >= 11 is 0. The number of alkyl halides is 2. The molecule has 2 N–H and O–H groups in total. The number of carbonyl (C=O) groups excluding carboxylic acids is 1. The summed E-state index contributed by atoms with van der Waals surface area (Å²) < 4.78 is 34.4. The third-order valence-electron chi connectivity index (χ3n) is 4.04. The largest absolute Gasteiger partial charge is 0.434 e. The lowest BCUT2D eigenvalue weighted by Gasteiger charge is -2.34. The Labute approximate surface area is 148 Å². The average molecular weight is 367 g/mol. The number of piperazine rings is 1. The van der Waals surface area contributed by atoms with Crippen LogP contribution in [-0.2, 0) is 13.1 Å². The number of aromatic nitrogens is 2. The van der Waals surface area contributed by atoms with Gasteiger partial charge in [0.1, 0.15) is 5.75 Å². The number of halogens is 2. The highest BCUT2D eigenvalue weighted by Gasteiger charge is 2.25. The van der Waals surface area contributed by atoms with Gasteiger partial charge in [0.15, 0.2) is 5.82 Å². The molecule has 1 aromatic carbocycles. The number of benzene rings is 1. The Morgan fingerprint density at radius 3 is 2.65 bits per heavy atom. The molecule has 8 nitrogen and oxygen atoms in total. The number of carbonyl (C=O) groups is 1. The van der Waals surface area contributed by atoms with Crippen molar-refractivity contribution >= 4 is 5.91 Å². The minimum Gasteiger partial charge on any atom is -0.434 e. The quantitative estimate of drug-likeness (QED) is 0.816. The van der Waals surface area contributed by atoms with Crippen LogP contribution >= 0.6 is 0 Å². The summed E-state index contributed by atoms with van der Waals surface area (Å²) in [7, 11) is 0. The molecule has 1 aliphatic heterocycles. The van der Waals surface area contributed by atoms with Gasteiger partial charge in [-0.15, -0.1) is 0 Å². The van der Waals surface area contributed by atoms with Crippen LogP contribution < -0.4 is 10.5 Å². The molecule has 26 heavy (non-hydrogen) atoms. The van der Waals surface area contributed by atoms with E-state index >= 15 is 0 Å². The first-order valence-electron chi connectivity index (χ1n) is 8.14. The lowest BCUT2D eigenvalue weighted by molar-refractivity contribution is -0.0503. The van der Waals surface area contributed by atoms with E-state index in [1.54, 1.807) is 17.0 Å². The number of nitrogens with two attached hydrogens (primary N) is 1. The molecular weight excluding hydrogens is 348 g/mol. The number of hydrogen-bond acceptors (Lipinski definition) is 7. The molecule has 2 heterocycles. The highest BCUT2D eigenvalue weighted by molar-refractivity contribution is 5.97. The van der Waals surface area contributed by atoms with Crippen molar-refractivity contribution < 1.29 is 22.8 Å². The lowest BCUT2D eigenvalue weighted by atomic mass is 10.1. The third kappa shape index (κ3) is 4.33. The summed E-state index contributed by atoms with van der Waals surface area (Å²) in [5.74, 6) is 0.479. The van der Waals surface area contributed by atoms with Gasteiger partial charge in [0.05, 0.1) is 18.7 Å². The lowest BCUT2D eigenvalue weighted by Crippen LogP contribution is -2.48. The molecule has 1 amide bonds. The number of nitrogens with zero attached hydrogens (tertiary/aromatic N) is 4. The highest BCUT2D eigenvalue weighted by atomic mass is 19.3. The van der Waals surface area contributed by atoms with Gasteiger partial charge in [-0.05, 0) is 12.1 Å². The number of amides is 1. The number of rotatable bonds is 6. The summed E-state index contributed by atoms with van der Waals surface area (Å²) in [6.45, 7) is -0.153. The van der Waals surface area contributed by atoms with Crippen LogP contribution in [0.1, 0.15) is 22.1 Å². The average Bonchev–Trinajstić information content (AvgIpc) is 3.09. The van der Waals surface area contributed by atoms with Crippen LogP contribution in [0.25, 0.3) is 0 Å². The third-order valence-corrected chi connectivity index (χ3v) is 4.04. The van der Waals surface area contributed by atoms with Crippen molar-refractivity contribution in [1.82, 2.24) is 19.9 Å². The Balaban J connectivity index is 1.58. The summed E-state index contributed by atoms with van der Waals surface area (Å²) in [5.41, 5.74) is 5.57. The van der Waals surface area contributed by atoms with Crippen molar-refractivity contribution in [2.24, 2.45) is 5.73 Å². The molecule has 2 aromatic rings. The number of hydrogen-bond donors (Lipinski definition) is 1. The zero-order chi connectivity index (χ0) is 18.5. The Bertz CT molecular complexity index is 747. The normalized spacial score (nSPS) is 15.5. The second-order valence-electron chi connectivity index (χ2n) is 5.75. The molecule has 1 aromatic heterocycles. The number of ether oxygens (including phenoxy) is 1. The first-order valence-corrected chi connectivity index (χ1v) is 8.14. The topological polar surface area (TPSA) is 97.7 Å². The van der Waals surface area contributed by atoms with Gasteiger partial charge in [-0.25, -0.2) is 0 Å². The van der Waals surface area contributed by atoms with Crippen LogP contribution in [0.5, 0.6) is 5.75 Å². The smallest absolute Gasteiger partial charge is 0.387 e. The molecule has 1 fully saturated rings. The Morgan fingerprint density at radius 1 is 1.27 bits per heavy atom. The van der Waals surface area contributed by atoms with Gasteiger partial charge in [-0.2, -0.15) is 13.8 Å². The molecule has 140 valence electrons. The van der Waals surface area contributed by atoms with E-state index in [4.69, 9.17) is 10.3 Å². The number of para-hydroxylation sites is 1. The molecule has 0 bridgehead atoms. The van der Waals surface area contributed by atoms with E-state index < -0.39 is 6.61 Å². The van der Waals surface area contributed by atoms with Crippen molar-refractivity contribution in [2.75, 3.05) is 26.2 Å². The molecule has 10 heteroatoms. The predicted molar refractivity (Wildman–Crippen MR) is 86.4 cm³/mol. The van der Waals surface area contributed by atoms with E-state index in [0.29, 0.717) is 44.4 Å². The SMILES string of the molecule is NCc1nc(CN2CCN(C(=O)c3ccccc3OC(F)F)CC2)no1. The first-order chi connectivity index (χ1) is 12.6. The zero-order valence-electron chi connectivity index (χ0n) is 14.0. The minimum absolute atomic E-state index is 0.115. The van der Waals surface area contributed by atoms with E-state index in [9.17, 15) is 13.6 Å². The van der Waals surface area contributed by atoms with Crippen LogP contribution in [0, 0.1) is 0 Å². The van der Waals surface area contributed by atoms with Gasteiger partial charge in [0, 0.05) is 26.2 Å². The van der Waals surface area contributed by atoms with Crippen molar-refractivity contribution in [1.29, 1.82) is 0 Å². The van der Waals surface area contributed by atoms with Crippen molar-refractivity contribution in [3.8, 4) is 5.75 Å². The maximum atomic E-state index is 12.6.